The molecule has 0 aromatic heterocycles. The summed E-state index contributed by atoms with van der Waals surface area (Å²) in [5, 5.41) is 0. The van der Waals surface area contributed by atoms with Crippen LogP contribution in [0.15, 0.2) is 6.07 Å². The fourth-order valence-electron chi connectivity index (χ4n) is 2.57. The molecule has 1 aliphatic carbocycles. The maximum absolute atomic E-state index is 12.2. The Bertz CT molecular complexity index is 504. The molecule has 0 bridgehead atoms. The van der Waals surface area contributed by atoms with Crippen molar-refractivity contribution in [2.24, 2.45) is 5.73 Å². The maximum Gasteiger partial charge on any atom is 0.242 e. The number of hydrogen-bond donors (Lipinski definition) is 1. The first-order valence-electron chi connectivity index (χ1n) is 6.87. The SMILES string of the molecule is Cc1cc(C)c(C)c(CN(C)C(=O)C2(N)CC2)c1C. The van der Waals surface area contributed by atoms with E-state index in [1.807, 2.05) is 7.05 Å². The highest BCUT2D eigenvalue weighted by Crippen LogP contribution is 2.34. The summed E-state index contributed by atoms with van der Waals surface area (Å²) in [6.07, 6.45) is 1.64. The Hall–Kier alpha value is -1.35. The molecule has 2 rings (SSSR count). The van der Waals surface area contributed by atoms with E-state index in [-0.39, 0.29) is 5.91 Å². The Kier molecular flexibility index (Phi) is 3.43. The van der Waals surface area contributed by atoms with Crippen LogP contribution in [0, 0.1) is 27.7 Å². The van der Waals surface area contributed by atoms with Gasteiger partial charge in [-0.25, -0.2) is 0 Å². The highest BCUT2D eigenvalue weighted by Gasteiger charge is 2.47. The van der Waals surface area contributed by atoms with Gasteiger partial charge in [0.2, 0.25) is 5.91 Å². The van der Waals surface area contributed by atoms with Crippen LogP contribution in [0.4, 0.5) is 0 Å². The van der Waals surface area contributed by atoms with Crippen molar-refractivity contribution in [3.8, 4) is 0 Å². The van der Waals surface area contributed by atoms with Gasteiger partial charge in [-0.3, -0.25) is 4.79 Å². The molecular formula is C16H24N2O. The second-order valence-electron chi connectivity index (χ2n) is 6.06. The van der Waals surface area contributed by atoms with E-state index in [1.54, 1.807) is 4.90 Å². The summed E-state index contributed by atoms with van der Waals surface area (Å²) in [5.74, 6) is 0.0745. The van der Waals surface area contributed by atoms with Crippen molar-refractivity contribution in [2.75, 3.05) is 7.05 Å². The van der Waals surface area contributed by atoms with Crippen LogP contribution in [-0.4, -0.2) is 23.4 Å². The van der Waals surface area contributed by atoms with Gasteiger partial charge < -0.3 is 10.6 Å². The summed E-state index contributed by atoms with van der Waals surface area (Å²) in [6.45, 7) is 9.16. The molecule has 1 aromatic carbocycles. The van der Waals surface area contributed by atoms with Crippen LogP contribution in [0.5, 0.6) is 0 Å². The standard InChI is InChI=1S/C16H24N2O/c1-10-8-11(2)13(4)14(12(10)3)9-18(5)15(19)16(17)6-7-16/h8H,6-7,9,17H2,1-5H3. The third-order valence-electron chi connectivity index (χ3n) is 4.48. The van der Waals surface area contributed by atoms with E-state index in [1.165, 1.54) is 27.8 Å². The minimum absolute atomic E-state index is 0.0745. The van der Waals surface area contributed by atoms with E-state index in [2.05, 4.69) is 33.8 Å². The lowest BCUT2D eigenvalue weighted by molar-refractivity contribution is -0.132. The summed E-state index contributed by atoms with van der Waals surface area (Å²) in [4.78, 5) is 14.0. The van der Waals surface area contributed by atoms with Crippen LogP contribution < -0.4 is 5.73 Å². The molecule has 104 valence electrons. The number of benzene rings is 1. The summed E-state index contributed by atoms with van der Waals surface area (Å²) < 4.78 is 0. The molecule has 0 saturated heterocycles. The molecule has 1 fully saturated rings. The molecule has 1 amide bonds. The second kappa shape index (κ2) is 4.64. The molecule has 1 saturated carbocycles. The molecule has 0 spiro atoms. The van der Waals surface area contributed by atoms with Gasteiger partial charge in [0.15, 0.2) is 0 Å². The highest BCUT2D eigenvalue weighted by molar-refractivity contribution is 5.88. The molecule has 0 atom stereocenters. The first kappa shape index (κ1) is 14.1. The molecule has 0 aliphatic heterocycles. The summed E-state index contributed by atoms with van der Waals surface area (Å²) in [7, 11) is 1.85. The molecule has 1 aromatic rings. The molecule has 0 radical (unpaired) electrons. The minimum Gasteiger partial charge on any atom is -0.340 e. The van der Waals surface area contributed by atoms with Crippen LogP contribution in [0.3, 0.4) is 0 Å². The zero-order valence-electron chi connectivity index (χ0n) is 12.6. The minimum atomic E-state index is -0.574. The van der Waals surface area contributed by atoms with Crippen LogP contribution in [-0.2, 0) is 11.3 Å². The average Bonchev–Trinajstić information content (AvgIpc) is 3.10. The zero-order valence-corrected chi connectivity index (χ0v) is 12.6. The first-order valence-corrected chi connectivity index (χ1v) is 6.87. The quantitative estimate of drug-likeness (QED) is 0.907. The number of carbonyl (C=O) groups is 1. The van der Waals surface area contributed by atoms with Crippen molar-refractivity contribution < 1.29 is 4.79 Å². The van der Waals surface area contributed by atoms with Gasteiger partial charge in [0.25, 0.3) is 0 Å². The Morgan fingerprint density at radius 2 is 1.68 bits per heavy atom. The van der Waals surface area contributed by atoms with Gasteiger partial charge >= 0.3 is 0 Å². The Labute approximate surface area is 115 Å². The molecule has 19 heavy (non-hydrogen) atoms. The fourth-order valence-corrected chi connectivity index (χ4v) is 2.57. The third-order valence-corrected chi connectivity index (χ3v) is 4.48. The normalized spacial score (nSPS) is 16.3. The Morgan fingerprint density at radius 1 is 1.21 bits per heavy atom. The predicted molar refractivity (Wildman–Crippen MR) is 78.0 cm³/mol. The van der Waals surface area contributed by atoms with Gasteiger partial charge in [-0.1, -0.05) is 6.07 Å². The molecule has 3 heteroatoms. The van der Waals surface area contributed by atoms with Crippen LogP contribution in [0.2, 0.25) is 0 Å². The van der Waals surface area contributed by atoms with Crippen molar-refractivity contribution in [1.82, 2.24) is 4.90 Å². The van der Waals surface area contributed by atoms with E-state index >= 15 is 0 Å². The number of hydrogen-bond acceptors (Lipinski definition) is 2. The first-order chi connectivity index (χ1) is 8.76. The molecular weight excluding hydrogens is 236 g/mol. The number of nitrogens with two attached hydrogens (primary N) is 1. The average molecular weight is 260 g/mol. The van der Waals surface area contributed by atoms with Crippen molar-refractivity contribution in [2.45, 2.75) is 52.6 Å². The number of aryl methyl sites for hydroxylation is 2. The molecule has 0 unspecified atom stereocenters. The molecule has 2 N–H and O–H groups in total. The lowest BCUT2D eigenvalue weighted by Crippen LogP contribution is -2.43. The number of likely N-dealkylation sites (N-methyl/N-ethyl adjacent to an activating group) is 1. The number of rotatable bonds is 3. The maximum atomic E-state index is 12.2. The van der Waals surface area contributed by atoms with E-state index < -0.39 is 5.54 Å². The molecule has 1 aliphatic rings. The predicted octanol–water partition coefficient (Wildman–Crippen LogP) is 2.37. The summed E-state index contributed by atoms with van der Waals surface area (Å²) >= 11 is 0. The van der Waals surface area contributed by atoms with E-state index in [0.29, 0.717) is 6.54 Å². The molecule has 3 nitrogen and oxygen atoms in total. The number of amides is 1. The van der Waals surface area contributed by atoms with E-state index in [4.69, 9.17) is 5.73 Å². The van der Waals surface area contributed by atoms with Gasteiger partial charge in [0, 0.05) is 13.6 Å². The van der Waals surface area contributed by atoms with E-state index in [9.17, 15) is 4.79 Å². The lowest BCUT2D eigenvalue weighted by atomic mass is 9.94. The smallest absolute Gasteiger partial charge is 0.242 e. The second-order valence-corrected chi connectivity index (χ2v) is 6.06. The van der Waals surface area contributed by atoms with Gasteiger partial charge in [0.1, 0.15) is 0 Å². The topological polar surface area (TPSA) is 46.3 Å². The Balaban J connectivity index is 2.26. The van der Waals surface area contributed by atoms with Gasteiger partial charge in [-0.2, -0.15) is 0 Å². The lowest BCUT2D eigenvalue weighted by Gasteiger charge is -2.24. The van der Waals surface area contributed by atoms with Crippen LogP contribution in [0.25, 0.3) is 0 Å². The number of nitrogens with zero attached hydrogens (tertiary/aromatic N) is 1. The summed E-state index contributed by atoms with van der Waals surface area (Å²) in [5.41, 5.74) is 11.8. The van der Waals surface area contributed by atoms with Crippen molar-refractivity contribution in [1.29, 1.82) is 0 Å². The van der Waals surface area contributed by atoms with Gasteiger partial charge in [0.05, 0.1) is 5.54 Å². The van der Waals surface area contributed by atoms with Crippen molar-refractivity contribution >= 4 is 5.91 Å². The van der Waals surface area contributed by atoms with Gasteiger partial charge in [-0.05, 0) is 68.4 Å². The van der Waals surface area contributed by atoms with Crippen molar-refractivity contribution in [3.63, 3.8) is 0 Å². The third kappa shape index (κ3) is 2.52. The largest absolute Gasteiger partial charge is 0.340 e. The van der Waals surface area contributed by atoms with E-state index in [0.717, 1.165) is 12.8 Å². The fraction of sp³-hybridized carbons (Fsp3) is 0.562. The van der Waals surface area contributed by atoms with Crippen LogP contribution in [0.1, 0.15) is 40.7 Å². The molecule has 0 heterocycles. The highest BCUT2D eigenvalue weighted by atomic mass is 16.2. The Morgan fingerprint density at radius 3 is 2.11 bits per heavy atom. The number of carbonyl (C=O) groups excluding carboxylic acids is 1. The zero-order chi connectivity index (χ0) is 14.4. The van der Waals surface area contributed by atoms with Gasteiger partial charge in [-0.15, -0.1) is 0 Å². The monoisotopic (exact) mass is 260 g/mol. The van der Waals surface area contributed by atoms with Crippen molar-refractivity contribution in [3.05, 3.63) is 33.9 Å². The van der Waals surface area contributed by atoms with Crippen LogP contribution >= 0.6 is 0 Å². The summed E-state index contributed by atoms with van der Waals surface area (Å²) in [6, 6.07) is 2.21.